The Hall–Kier alpha value is -7.52. The molecule has 2 heteroatoms. The van der Waals surface area contributed by atoms with Crippen LogP contribution in [-0.2, 0) is 5.41 Å². The van der Waals surface area contributed by atoms with E-state index in [4.69, 9.17) is 0 Å². The van der Waals surface area contributed by atoms with Crippen LogP contribution in [0.2, 0.25) is 0 Å². The first-order chi connectivity index (χ1) is 30.3. The van der Waals surface area contributed by atoms with Gasteiger partial charge in [-0.3, -0.25) is 0 Å². The van der Waals surface area contributed by atoms with Gasteiger partial charge in [0.25, 0.3) is 0 Å². The second-order valence-corrected chi connectivity index (χ2v) is 17.4. The number of thiophene rings is 1. The van der Waals surface area contributed by atoms with Crippen molar-refractivity contribution in [1.29, 1.82) is 0 Å². The van der Waals surface area contributed by atoms with Crippen molar-refractivity contribution in [2.45, 2.75) is 5.41 Å². The Balaban J connectivity index is 1.05. The van der Waals surface area contributed by atoms with Gasteiger partial charge in [0.2, 0.25) is 0 Å². The summed E-state index contributed by atoms with van der Waals surface area (Å²) in [4.78, 5) is 2.49. The van der Waals surface area contributed by atoms with Crippen LogP contribution < -0.4 is 4.90 Å². The molecule has 0 saturated carbocycles. The third kappa shape index (κ3) is 4.94. The normalized spacial score (nSPS) is 13.0. The molecule has 0 amide bonds. The Morgan fingerprint density at radius 1 is 0.311 bits per heavy atom. The van der Waals surface area contributed by atoms with Crippen LogP contribution in [0.1, 0.15) is 22.3 Å². The maximum Gasteiger partial charge on any atom is 0.0726 e. The first-order valence-electron chi connectivity index (χ1n) is 21.1. The van der Waals surface area contributed by atoms with Crippen LogP contribution in [0, 0.1) is 0 Å². The molecule has 0 saturated heterocycles. The predicted octanol–water partition coefficient (Wildman–Crippen LogP) is 16.4. The topological polar surface area (TPSA) is 3.24 Å². The number of rotatable bonds is 5. The fourth-order valence-corrected chi connectivity index (χ4v) is 11.8. The van der Waals surface area contributed by atoms with Crippen molar-refractivity contribution in [2.75, 3.05) is 4.90 Å². The standard InChI is InChI=1S/C59H37NS/c1-2-16-43-38(14-1)15-13-22-44(43)39-28-31-41(32-29-39)60(56-26-11-6-17-45(56)40-30-35-58-51(36-40)50-21-7-12-27-57(50)61-58)42-33-34-49-48-20-5-10-25-54(48)59(55(49)37-42)52-23-8-3-18-46(52)47-19-4-9-24-53(47)59/h1-37H. The fourth-order valence-electron chi connectivity index (χ4n) is 10.7. The van der Waals surface area contributed by atoms with Crippen molar-refractivity contribution >= 4 is 59.3 Å². The molecule has 0 unspecified atom stereocenters. The third-order valence-corrected chi connectivity index (χ3v) is 14.4. The summed E-state index contributed by atoms with van der Waals surface area (Å²) in [6.07, 6.45) is 0. The fraction of sp³-hybridized carbons (Fsp3) is 0.0169. The lowest BCUT2D eigenvalue weighted by atomic mass is 9.70. The Bertz CT molecular complexity index is 3490. The van der Waals surface area contributed by atoms with Crippen LogP contribution >= 0.6 is 11.3 Å². The number of fused-ring (bicyclic) bond motifs is 14. The van der Waals surface area contributed by atoms with Gasteiger partial charge in [-0.15, -0.1) is 11.3 Å². The van der Waals surface area contributed by atoms with E-state index >= 15 is 0 Å². The smallest absolute Gasteiger partial charge is 0.0726 e. The van der Waals surface area contributed by atoms with E-state index in [2.05, 4.69) is 229 Å². The molecule has 0 fully saturated rings. The van der Waals surface area contributed by atoms with Crippen molar-refractivity contribution in [1.82, 2.24) is 0 Å². The molecule has 0 bridgehead atoms. The molecule has 61 heavy (non-hydrogen) atoms. The Labute approximate surface area is 359 Å². The maximum atomic E-state index is 2.50. The first-order valence-corrected chi connectivity index (χ1v) is 21.9. The van der Waals surface area contributed by atoms with Gasteiger partial charge in [-0.05, 0) is 121 Å². The minimum Gasteiger partial charge on any atom is -0.310 e. The maximum absolute atomic E-state index is 2.50. The molecule has 2 aliphatic rings. The molecule has 1 aromatic heterocycles. The second-order valence-electron chi connectivity index (χ2n) is 16.4. The molecule has 10 aromatic carbocycles. The van der Waals surface area contributed by atoms with E-state index in [9.17, 15) is 0 Å². The summed E-state index contributed by atoms with van der Waals surface area (Å²) in [5.41, 5.74) is 18.3. The number of para-hydroxylation sites is 1. The van der Waals surface area contributed by atoms with E-state index in [1.54, 1.807) is 0 Å². The zero-order chi connectivity index (χ0) is 40.1. The van der Waals surface area contributed by atoms with Crippen molar-refractivity contribution in [2.24, 2.45) is 0 Å². The summed E-state index contributed by atoms with van der Waals surface area (Å²) in [6.45, 7) is 0. The summed E-state index contributed by atoms with van der Waals surface area (Å²) in [5.74, 6) is 0. The van der Waals surface area contributed by atoms with Crippen LogP contribution in [0.4, 0.5) is 17.1 Å². The monoisotopic (exact) mass is 791 g/mol. The molecule has 0 atom stereocenters. The van der Waals surface area contributed by atoms with E-state index in [1.807, 2.05) is 11.3 Å². The average Bonchev–Trinajstić information content (AvgIpc) is 3.96. The van der Waals surface area contributed by atoms with E-state index in [1.165, 1.54) is 97.7 Å². The van der Waals surface area contributed by atoms with Crippen LogP contribution in [0.25, 0.3) is 75.5 Å². The number of benzene rings is 10. The van der Waals surface area contributed by atoms with Gasteiger partial charge < -0.3 is 4.90 Å². The molecule has 284 valence electrons. The Kier molecular flexibility index (Phi) is 7.46. The van der Waals surface area contributed by atoms with Gasteiger partial charge in [0.15, 0.2) is 0 Å². The lowest BCUT2D eigenvalue weighted by Gasteiger charge is -2.32. The second kappa shape index (κ2) is 13.2. The minimum absolute atomic E-state index is 0.441. The van der Waals surface area contributed by atoms with Crippen LogP contribution in [0.5, 0.6) is 0 Å². The van der Waals surface area contributed by atoms with Gasteiger partial charge >= 0.3 is 0 Å². The van der Waals surface area contributed by atoms with Gasteiger partial charge in [-0.1, -0.05) is 176 Å². The summed E-state index contributed by atoms with van der Waals surface area (Å²) < 4.78 is 2.63. The van der Waals surface area contributed by atoms with Gasteiger partial charge in [0.05, 0.1) is 11.1 Å². The SMILES string of the molecule is c1ccc(N(c2ccc(-c3cccc4ccccc34)cc2)c2ccc3c(c2)C2(c4ccccc4-c4ccccc42)c2ccccc2-3)c(-c2ccc3sc4ccccc4c3c2)c1. The number of nitrogens with zero attached hydrogens (tertiary/aromatic N) is 1. The molecular weight excluding hydrogens is 755 g/mol. The van der Waals surface area contributed by atoms with Crippen molar-refractivity contribution < 1.29 is 0 Å². The van der Waals surface area contributed by atoms with E-state index in [0.29, 0.717) is 0 Å². The first kappa shape index (κ1) is 34.4. The van der Waals surface area contributed by atoms with Gasteiger partial charge in [0, 0.05) is 37.1 Å². The minimum atomic E-state index is -0.441. The lowest BCUT2D eigenvalue weighted by Crippen LogP contribution is -2.26. The van der Waals surface area contributed by atoms with E-state index in [0.717, 1.165) is 17.1 Å². The highest BCUT2D eigenvalue weighted by atomic mass is 32.1. The van der Waals surface area contributed by atoms with Crippen LogP contribution in [0.3, 0.4) is 0 Å². The zero-order valence-corrected chi connectivity index (χ0v) is 34.0. The molecule has 1 heterocycles. The summed E-state index contributed by atoms with van der Waals surface area (Å²) >= 11 is 1.87. The molecule has 13 rings (SSSR count). The highest BCUT2D eigenvalue weighted by Gasteiger charge is 2.51. The number of hydrogen-bond acceptors (Lipinski definition) is 2. The molecule has 0 aliphatic heterocycles. The van der Waals surface area contributed by atoms with E-state index < -0.39 is 5.41 Å². The zero-order valence-electron chi connectivity index (χ0n) is 33.2. The highest BCUT2D eigenvalue weighted by Crippen LogP contribution is 2.63. The molecule has 1 nitrogen and oxygen atoms in total. The Morgan fingerprint density at radius 2 is 0.836 bits per heavy atom. The van der Waals surface area contributed by atoms with Gasteiger partial charge in [-0.25, -0.2) is 0 Å². The number of anilines is 3. The molecule has 0 radical (unpaired) electrons. The lowest BCUT2D eigenvalue weighted by molar-refractivity contribution is 0.793. The number of hydrogen-bond donors (Lipinski definition) is 0. The molecule has 2 aliphatic carbocycles. The van der Waals surface area contributed by atoms with Crippen LogP contribution in [0.15, 0.2) is 224 Å². The molecular formula is C59H37NS. The summed E-state index contributed by atoms with van der Waals surface area (Å²) in [7, 11) is 0. The quantitative estimate of drug-likeness (QED) is 0.168. The van der Waals surface area contributed by atoms with Crippen molar-refractivity contribution in [3.05, 3.63) is 247 Å². The predicted molar refractivity (Wildman–Crippen MR) is 259 cm³/mol. The van der Waals surface area contributed by atoms with Crippen molar-refractivity contribution in [3.63, 3.8) is 0 Å². The highest BCUT2D eigenvalue weighted by molar-refractivity contribution is 7.25. The largest absolute Gasteiger partial charge is 0.310 e. The van der Waals surface area contributed by atoms with E-state index in [-0.39, 0.29) is 0 Å². The summed E-state index contributed by atoms with van der Waals surface area (Å²) in [6, 6.07) is 83.6. The molecule has 11 aromatic rings. The van der Waals surface area contributed by atoms with Gasteiger partial charge in [0.1, 0.15) is 0 Å². The average molecular weight is 792 g/mol. The third-order valence-electron chi connectivity index (χ3n) is 13.3. The molecule has 1 spiro atoms. The van der Waals surface area contributed by atoms with Crippen LogP contribution in [-0.4, -0.2) is 0 Å². The summed E-state index contributed by atoms with van der Waals surface area (Å²) in [5, 5.41) is 5.12. The van der Waals surface area contributed by atoms with Gasteiger partial charge in [-0.2, -0.15) is 0 Å². The Morgan fingerprint density at radius 3 is 1.57 bits per heavy atom. The van der Waals surface area contributed by atoms with Crippen molar-refractivity contribution in [3.8, 4) is 44.5 Å². The molecule has 0 N–H and O–H groups in total.